The van der Waals surface area contributed by atoms with E-state index >= 15 is 0 Å². The Hall–Kier alpha value is -0.340. The molecule has 1 radical (unpaired) electrons. The Morgan fingerprint density at radius 1 is 1.33 bits per heavy atom. The van der Waals surface area contributed by atoms with Gasteiger partial charge in [-0.1, -0.05) is 6.58 Å². The van der Waals surface area contributed by atoms with Crippen molar-refractivity contribution in [1.29, 1.82) is 0 Å². The maximum atomic E-state index is 5.01. The van der Waals surface area contributed by atoms with E-state index in [9.17, 15) is 0 Å². The molecule has 0 rings (SSSR count). The van der Waals surface area contributed by atoms with Crippen molar-refractivity contribution < 1.29 is 9.47 Å². The van der Waals surface area contributed by atoms with E-state index in [0.717, 1.165) is 0 Å². The third-order valence-electron chi connectivity index (χ3n) is 0.740. The molecule has 0 unspecified atom stereocenters. The zero-order valence-corrected chi connectivity index (χ0v) is 6.02. The molecule has 0 saturated carbocycles. The van der Waals surface area contributed by atoms with Crippen LogP contribution >= 0.6 is 0 Å². The SMILES string of the molecule is C=C[C](OCC)OCC. The summed E-state index contributed by atoms with van der Waals surface area (Å²) in [5.41, 5.74) is 0. The minimum Gasteiger partial charge on any atom is -0.342 e. The summed E-state index contributed by atoms with van der Waals surface area (Å²) in [6.45, 7) is 8.57. The van der Waals surface area contributed by atoms with Gasteiger partial charge in [0.05, 0.1) is 0 Å². The van der Waals surface area contributed by atoms with Gasteiger partial charge in [-0.05, 0) is 19.9 Å². The fourth-order valence-corrected chi connectivity index (χ4v) is 0.444. The van der Waals surface area contributed by atoms with Crippen molar-refractivity contribution in [3.8, 4) is 0 Å². The topological polar surface area (TPSA) is 18.5 Å². The van der Waals surface area contributed by atoms with Gasteiger partial charge in [0.2, 0.25) is 6.29 Å². The highest BCUT2D eigenvalue weighted by atomic mass is 16.7. The van der Waals surface area contributed by atoms with Gasteiger partial charge >= 0.3 is 0 Å². The molecule has 0 aromatic rings. The zero-order valence-electron chi connectivity index (χ0n) is 6.02. The summed E-state index contributed by atoms with van der Waals surface area (Å²) in [4.78, 5) is 0. The molecule has 0 amide bonds. The Bertz CT molecular complexity index is 65.3. The van der Waals surface area contributed by atoms with Crippen LogP contribution in [0.15, 0.2) is 12.7 Å². The Kier molecular flexibility index (Phi) is 5.57. The van der Waals surface area contributed by atoms with E-state index in [0.29, 0.717) is 19.5 Å². The van der Waals surface area contributed by atoms with Gasteiger partial charge < -0.3 is 9.47 Å². The number of hydrogen-bond acceptors (Lipinski definition) is 2. The average molecular weight is 129 g/mol. The van der Waals surface area contributed by atoms with Gasteiger partial charge in [-0.15, -0.1) is 0 Å². The predicted molar refractivity (Wildman–Crippen MR) is 36.7 cm³/mol. The predicted octanol–water partition coefficient (Wildman–Crippen LogP) is 1.73. The largest absolute Gasteiger partial charge is 0.342 e. The van der Waals surface area contributed by atoms with Crippen molar-refractivity contribution in [3.05, 3.63) is 18.9 Å². The third-order valence-corrected chi connectivity index (χ3v) is 0.740. The van der Waals surface area contributed by atoms with Crippen molar-refractivity contribution in [2.24, 2.45) is 0 Å². The molecule has 0 atom stereocenters. The second kappa shape index (κ2) is 5.79. The van der Waals surface area contributed by atoms with Gasteiger partial charge in [-0.25, -0.2) is 0 Å². The third kappa shape index (κ3) is 4.18. The van der Waals surface area contributed by atoms with Crippen molar-refractivity contribution in [1.82, 2.24) is 0 Å². The monoisotopic (exact) mass is 129 g/mol. The summed E-state index contributed by atoms with van der Waals surface area (Å²) in [5.74, 6) is 0. The molecular formula is C7H13O2. The van der Waals surface area contributed by atoms with E-state index in [1.807, 2.05) is 13.8 Å². The van der Waals surface area contributed by atoms with Gasteiger partial charge in [0, 0.05) is 13.2 Å². The maximum Gasteiger partial charge on any atom is 0.247 e. The average Bonchev–Trinajstić information content (AvgIpc) is 1.88. The van der Waals surface area contributed by atoms with Crippen molar-refractivity contribution in [3.63, 3.8) is 0 Å². The van der Waals surface area contributed by atoms with Crippen LogP contribution < -0.4 is 0 Å². The lowest BCUT2D eigenvalue weighted by Crippen LogP contribution is -2.04. The highest BCUT2D eigenvalue weighted by Crippen LogP contribution is 2.03. The molecule has 0 aliphatic rings. The summed E-state index contributed by atoms with van der Waals surface area (Å²) >= 11 is 0. The van der Waals surface area contributed by atoms with E-state index in [4.69, 9.17) is 9.47 Å². The highest BCUT2D eigenvalue weighted by molar-refractivity contribution is 4.88. The highest BCUT2D eigenvalue weighted by Gasteiger charge is 2.01. The lowest BCUT2D eigenvalue weighted by Gasteiger charge is -2.08. The van der Waals surface area contributed by atoms with Crippen LogP contribution in [0.5, 0.6) is 0 Å². The van der Waals surface area contributed by atoms with Crippen LogP contribution in [0.1, 0.15) is 13.8 Å². The first-order valence-corrected chi connectivity index (χ1v) is 3.10. The number of rotatable bonds is 5. The van der Waals surface area contributed by atoms with E-state index in [2.05, 4.69) is 6.58 Å². The molecule has 9 heavy (non-hydrogen) atoms. The Balaban J connectivity index is 3.29. The maximum absolute atomic E-state index is 5.01. The lowest BCUT2D eigenvalue weighted by molar-refractivity contribution is -0.0118. The minimum atomic E-state index is 0.514. The normalized spacial score (nSPS) is 10.1. The van der Waals surface area contributed by atoms with E-state index in [1.165, 1.54) is 0 Å². The Morgan fingerprint density at radius 3 is 2.00 bits per heavy atom. The molecular weight excluding hydrogens is 116 g/mol. The Morgan fingerprint density at radius 2 is 1.78 bits per heavy atom. The van der Waals surface area contributed by atoms with Crippen LogP contribution in [0.2, 0.25) is 0 Å². The van der Waals surface area contributed by atoms with Gasteiger partial charge in [-0.2, -0.15) is 0 Å². The summed E-state index contributed by atoms with van der Waals surface area (Å²) in [5, 5.41) is 0. The van der Waals surface area contributed by atoms with Crippen molar-refractivity contribution in [2.45, 2.75) is 13.8 Å². The molecule has 0 N–H and O–H groups in total. The van der Waals surface area contributed by atoms with Crippen molar-refractivity contribution in [2.75, 3.05) is 13.2 Å². The molecule has 0 aliphatic carbocycles. The van der Waals surface area contributed by atoms with Crippen LogP contribution in [0, 0.1) is 6.29 Å². The first kappa shape index (κ1) is 8.66. The van der Waals surface area contributed by atoms with E-state index in [1.54, 1.807) is 6.08 Å². The summed E-state index contributed by atoms with van der Waals surface area (Å²) in [6, 6.07) is 0. The van der Waals surface area contributed by atoms with Gasteiger partial charge in [0.1, 0.15) is 0 Å². The van der Waals surface area contributed by atoms with Crippen molar-refractivity contribution >= 4 is 0 Å². The molecule has 0 spiro atoms. The molecule has 0 aromatic carbocycles. The molecule has 0 fully saturated rings. The van der Waals surface area contributed by atoms with E-state index in [-0.39, 0.29) is 0 Å². The smallest absolute Gasteiger partial charge is 0.247 e. The fourth-order valence-electron chi connectivity index (χ4n) is 0.444. The van der Waals surface area contributed by atoms with Crippen LogP contribution in [-0.4, -0.2) is 13.2 Å². The van der Waals surface area contributed by atoms with Gasteiger partial charge in [0.15, 0.2) is 0 Å². The standard InChI is InChI=1S/C7H13O2/c1-4-7(8-5-2)9-6-3/h4H,1,5-6H2,2-3H3. The second-order valence-corrected chi connectivity index (χ2v) is 1.39. The lowest BCUT2D eigenvalue weighted by atomic mass is 10.6. The zero-order chi connectivity index (χ0) is 7.11. The first-order valence-electron chi connectivity index (χ1n) is 3.10. The molecule has 2 heteroatoms. The summed E-state index contributed by atoms with van der Waals surface area (Å²) in [7, 11) is 0. The van der Waals surface area contributed by atoms with E-state index < -0.39 is 0 Å². The molecule has 0 aromatic heterocycles. The molecule has 0 saturated heterocycles. The second-order valence-electron chi connectivity index (χ2n) is 1.39. The van der Waals surface area contributed by atoms with Crippen LogP contribution in [0.25, 0.3) is 0 Å². The van der Waals surface area contributed by atoms with Crippen LogP contribution in [0.3, 0.4) is 0 Å². The minimum absolute atomic E-state index is 0.514. The number of ether oxygens (including phenoxy) is 2. The molecule has 0 aliphatic heterocycles. The summed E-state index contributed by atoms with van der Waals surface area (Å²) < 4.78 is 10.0. The number of hydrogen-bond donors (Lipinski definition) is 0. The first-order chi connectivity index (χ1) is 4.35. The van der Waals surface area contributed by atoms with Gasteiger partial charge in [-0.3, -0.25) is 0 Å². The molecule has 53 valence electrons. The van der Waals surface area contributed by atoms with Crippen LogP contribution in [0.4, 0.5) is 0 Å². The molecule has 2 nitrogen and oxygen atoms in total. The fraction of sp³-hybridized carbons (Fsp3) is 0.571. The van der Waals surface area contributed by atoms with Gasteiger partial charge in [0.25, 0.3) is 0 Å². The summed E-state index contributed by atoms with van der Waals surface area (Å²) in [6.07, 6.45) is 2.08. The quantitative estimate of drug-likeness (QED) is 0.563. The molecule has 0 bridgehead atoms. The Labute approximate surface area is 56.5 Å². The molecule has 0 heterocycles. The van der Waals surface area contributed by atoms with Crippen LogP contribution in [-0.2, 0) is 9.47 Å².